The summed E-state index contributed by atoms with van der Waals surface area (Å²) in [6, 6.07) is 2.99. The van der Waals surface area contributed by atoms with E-state index >= 15 is 0 Å². The predicted octanol–water partition coefficient (Wildman–Crippen LogP) is 5.21. The molecule has 0 unspecified atom stereocenters. The number of carbonyl (C=O) groups excluding carboxylic acids is 1. The molecule has 3 aliphatic heterocycles. The molecule has 232 valence electrons. The van der Waals surface area contributed by atoms with Crippen LogP contribution in [0.4, 0.5) is 9.18 Å². The first-order valence-corrected chi connectivity index (χ1v) is 16.4. The number of hydrogen-bond acceptors (Lipinski definition) is 8. The number of piperidine rings is 2. The summed E-state index contributed by atoms with van der Waals surface area (Å²) in [5.41, 5.74) is -0.577. The number of nitrogens with one attached hydrogen (secondary N) is 1. The van der Waals surface area contributed by atoms with Gasteiger partial charge in [-0.1, -0.05) is 0 Å². The van der Waals surface area contributed by atoms with Gasteiger partial charge in [-0.2, -0.15) is 11.8 Å². The molecule has 2 aromatic rings. The Kier molecular flexibility index (Phi) is 10.3. The van der Waals surface area contributed by atoms with Crippen LogP contribution >= 0.6 is 11.8 Å². The Labute approximate surface area is 251 Å². The largest absolute Gasteiger partial charge is 0.493 e. The number of fused-ring (bicyclic) bond motifs is 1. The number of H-pyrrole nitrogens is 1. The minimum atomic E-state index is -0.604. The molecule has 1 N–H and O–H groups in total. The second-order valence-electron chi connectivity index (χ2n) is 12.9. The molecule has 42 heavy (non-hydrogen) atoms. The molecular formula is C31H45FN4O5S. The number of thioether (sulfide) groups is 1. The summed E-state index contributed by atoms with van der Waals surface area (Å²) in [6.45, 7) is 12.3. The average molecular weight is 605 g/mol. The smallest absolute Gasteiger partial charge is 0.410 e. The van der Waals surface area contributed by atoms with E-state index in [4.69, 9.17) is 14.2 Å². The zero-order valence-corrected chi connectivity index (χ0v) is 26.0. The molecule has 0 radical (unpaired) electrons. The third-order valence-corrected chi connectivity index (χ3v) is 9.77. The summed E-state index contributed by atoms with van der Waals surface area (Å²) in [4.78, 5) is 36.6. The van der Waals surface area contributed by atoms with Gasteiger partial charge in [0.1, 0.15) is 28.4 Å². The molecule has 1 aromatic heterocycles. The molecule has 4 heterocycles. The second-order valence-corrected chi connectivity index (χ2v) is 14.2. The molecule has 0 aliphatic carbocycles. The van der Waals surface area contributed by atoms with Crippen molar-refractivity contribution in [3.8, 4) is 5.75 Å². The van der Waals surface area contributed by atoms with E-state index in [-0.39, 0.29) is 11.5 Å². The van der Waals surface area contributed by atoms with Crippen LogP contribution in [0.3, 0.4) is 0 Å². The molecule has 0 spiro atoms. The van der Waals surface area contributed by atoms with Crippen LogP contribution in [-0.4, -0.2) is 89.3 Å². The number of aromatic nitrogens is 2. The third-order valence-electron chi connectivity index (χ3n) is 8.38. The Morgan fingerprint density at radius 1 is 1.07 bits per heavy atom. The van der Waals surface area contributed by atoms with Crippen molar-refractivity contribution in [1.29, 1.82) is 0 Å². The van der Waals surface area contributed by atoms with Gasteiger partial charge in [-0.3, -0.25) is 4.79 Å². The molecule has 1 aromatic carbocycles. The molecular weight excluding hydrogens is 559 g/mol. The lowest BCUT2D eigenvalue weighted by Gasteiger charge is -2.38. The Balaban J connectivity index is 1.07. The first-order chi connectivity index (χ1) is 20.1. The third kappa shape index (κ3) is 8.60. The summed E-state index contributed by atoms with van der Waals surface area (Å²) in [5, 5.41) is 0.460. The standard InChI is InChI=1S/C31H45FN4O5S/c1-31(2,3)41-30(38)36-12-6-21(7-13-36)18-35-10-4-22(5-11-35)19-40-23-16-25(32)28-26(17-23)33-27(34-29(28)37)20-42-24-8-14-39-15-9-24/h16-17,21-22,24H,4-15,18-20H2,1-3H3,(H,33,34,37). The van der Waals surface area contributed by atoms with Crippen molar-refractivity contribution in [2.24, 2.45) is 11.8 Å². The van der Waals surface area contributed by atoms with E-state index < -0.39 is 17.0 Å². The first kappa shape index (κ1) is 31.1. The number of hydrogen-bond donors (Lipinski definition) is 1. The van der Waals surface area contributed by atoms with Crippen molar-refractivity contribution in [1.82, 2.24) is 19.8 Å². The molecule has 9 nitrogen and oxygen atoms in total. The minimum absolute atomic E-state index is 0.0209. The van der Waals surface area contributed by atoms with Crippen molar-refractivity contribution < 1.29 is 23.4 Å². The summed E-state index contributed by atoms with van der Waals surface area (Å²) in [5.74, 6) is 1.93. The van der Waals surface area contributed by atoms with E-state index in [0.29, 0.717) is 46.5 Å². The fourth-order valence-corrected chi connectivity index (χ4v) is 7.03. The van der Waals surface area contributed by atoms with Crippen LogP contribution in [-0.2, 0) is 15.2 Å². The first-order valence-electron chi connectivity index (χ1n) is 15.4. The van der Waals surface area contributed by atoms with E-state index in [1.807, 2.05) is 25.7 Å². The Morgan fingerprint density at radius 3 is 2.45 bits per heavy atom. The SMILES string of the molecule is CC(C)(C)OC(=O)N1CCC(CN2CCC(COc3cc(F)c4c(=O)[nH]c(CSC5CCOCC5)nc4c3)CC2)CC1. The summed E-state index contributed by atoms with van der Waals surface area (Å²) in [7, 11) is 0. The van der Waals surface area contributed by atoms with E-state index in [0.717, 1.165) is 84.5 Å². The number of amides is 1. The van der Waals surface area contributed by atoms with Crippen molar-refractivity contribution in [2.45, 2.75) is 75.9 Å². The van der Waals surface area contributed by atoms with E-state index in [1.165, 1.54) is 6.07 Å². The molecule has 1 amide bonds. The van der Waals surface area contributed by atoms with Gasteiger partial charge in [0.2, 0.25) is 0 Å². The molecule has 3 aliphatic rings. The zero-order chi connectivity index (χ0) is 29.7. The molecule has 3 fully saturated rings. The van der Waals surface area contributed by atoms with Gasteiger partial charge in [-0.25, -0.2) is 14.2 Å². The van der Waals surface area contributed by atoms with Crippen LogP contribution in [0, 0.1) is 17.7 Å². The van der Waals surface area contributed by atoms with Gasteiger partial charge >= 0.3 is 6.09 Å². The van der Waals surface area contributed by atoms with Crippen LogP contribution in [0.1, 0.15) is 65.1 Å². The van der Waals surface area contributed by atoms with Crippen molar-refractivity contribution in [2.75, 3.05) is 52.5 Å². The van der Waals surface area contributed by atoms with E-state index in [2.05, 4.69) is 14.9 Å². The van der Waals surface area contributed by atoms with Gasteiger partial charge in [0, 0.05) is 50.2 Å². The van der Waals surface area contributed by atoms with Gasteiger partial charge in [-0.15, -0.1) is 0 Å². The number of benzene rings is 1. The van der Waals surface area contributed by atoms with Crippen molar-refractivity contribution in [3.63, 3.8) is 0 Å². The van der Waals surface area contributed by atoms with Gasteiger partial charge < -0.3 is 29.0 Å². The van der Waals surface area contributed by atoms with Gasteiger partial charge in [0.25, 0.3) is 5.56 Å². The quantitative estimate of drug-likeness (QED) is 0.439. The molecule has 5 rings (SSSR count). The van der Waals surface area contributed by atoms with Gasteiger partial charge in [0.05, 0.1) is 17.9 Å². The molecule has 3 saturated heterocycles. The topological polar surface area (TPSA) is 97.0 Å². The Morgan fingerprint density at radius 2 is 1.76 bits per heavy atom. The Bertz CT molecular complexity index is 1260. The number of carbonyl (C=O) groups is 1. The van der Waals surface area contributed by atoms with E-state index in [9.17, 15) is 14.0 Å². The minimum Gasteiger partial charge on any atom is -0.493 e. The fraction of sp³-hybridized carbons (Fsp3) is 0.710. The van der Waals surface area contributed by atoms with Crippen LogP contribution in [0.2, 0.25) is 0 Å². The number of likely N-dealkylation sites (tertiary alicyclic amines) is 2. The van der Waals surface area contributed by atoms with Gasteiger partial charge in [-0.05, 0) is 84.2 Å². The highest BCUT2D eigenvalue weighted by Gasteiger charge is 2.29. The molecule has 0 bridgehead atoms. The lowest BCUT2D eigenvalue weighted by atomic mass is 9.93. The molecule has 0 saturated carbocycles. The van der Waals surface area contributed by atoms with Crippen molar-refractivity contribution >= 4 is 28.8 Å². The number of ether oxygens (including phenoxy) is 3. The highest BCUT2D eigenvalue weighted by atomic mass is 32.2. The van der Waals surface area contributed by atoms with Crippen molar-refractivity contribution in [3.05, 3.63) is 34.1 Å². The Hall–Kier alpha value is -2.37. The van der Waals surface area contributed by atoms with Crippen LogP contribution in [0.25, 0.3) is 10.9 Å². The highest BCUT2D eigenvalue weighted by molar-refractivity contribution is 7.99. The molecule has 0 atom stereocenters. The fourth-order valence-electron chi connectivity index (χ4n) is 5.98. The monoisotopic (exact) mass is 604 g/mol. The maximum atomic E-state index is 14.9. The van der Waals surface area contributed by atoms with Crippen LogP contribution in [0.15, 0.2) is 16.9 Å². The summed E-state index contributed by atoms with van der Waals surface area (Å²) < 4.78 is 31.9. The lowest BCUT2D eigenvalue weighted by Crippen LogP contribution is -2.45. The molecule has 11 heteroatoms. The normalized spacial score (nSPS) is 20.2. The highest BCUT2D eigenvalue weighted by Crippen LogP contribution is 2.28. The summed E-state index contributed by atoms with van der Waals surface area (Å²) in [6.07, 6.45) is 5.83. The average Bonchev–Trinajstić information content (AvgIpc) is 2.95. The van der Waals surface area contributed by atoms with Gasteiger partial charge in [0.15, 0.2) is 0 Å². The predicted molar refractivity (Wildman–Crippen MR) is 163 cm³/mol. The number of halogens is 1. The lowest BCUT2D eigenvalue weighted by molar-refractivity contribution is 0.0162. The second kappa shape index (κ2) is 13.9. The van der Waals surface area contributed by atoms with E-state index in [1.54, 1.807) is 17.8 Å². The maximum Gasteiger partial charge on any atom is 0.410 e. The number of aromatic amines is 1. The summed E-state index contributed by atoms with van der Waals surface area (Å²) >= 11 is 1.76. The van der Waals surface area contributed by atoms with Crippen LogP contribution in [0.5, 0.6) is 5.75 Å². The maximum absolute atomic E-state index is 14.9. The number of nitrogens with zero attached hydrogens (tertiary/aromatic N) is 3. The van der Waals surface area contributed by atoms with Crippen LogP contribution < -0.4 is 10.3 Å². The number of rotatable bonds is 8. The zero-order valence-electron chi connectivity index (χ0n) is 25.2.